The molecule has 2 N–H and O–H groups in total. The third kappa shape index (κ3) is 5.70. The van der Waals surface area contributed by atoms with E-state index in [1.54, 1.807) is 6.20 Å². The third-order valence-electron chi connectivity index (χ3n) is 8.56. The number of piperidine rings is 1. The van der Waals surface area contributed by atoms with Crippen LogP contribution in [0, 0.1) is 12.8 Å². The van der Waals surface area contributed by atoms with Gasteiger partial charge in [-0.1, -0.05) is 37.1 Å². The molecule has 1 aliphatic heterocycles. The van der Waals surface area contributed by atoms with Gasteiger partial charge in [0.2, 0.25) is 5.91 Å². The minimum absolute atomic E-state index is 0.124. The van der Waals surface area contributed by atoms with E-state index in [2.05, 4.69) is 32.7 Å². The monoisotopic (exact) mass is 573 g/mol. The number of nitrogens with zero attached hydrogens (tertiary/aromatic N) is 3. The zero-order valence-corrected chi connectivity index (χ0v) is 23.5. The van der Waals surface area contributed by atoms with E-state index in [1.165, 1.54) is 31.9 Å². The molecule has 4 aromatic rings. The minimum atomic E-state index is -4.48. The number of halogens is 3. The first-order chi connectivity index (χ1) is 20.3. The molecule has 2 aromatic carbocycles. The van der Waals surface area contributed by atoms with Crippen LogP contribution in [0.25, 0.3) is 10.9 Å². The van der Waals surface area contributed by atoms with Crippen LogP contribution >= 0.6 is 0 Å². The van der Waals surface area contributed by atoms with Crippen molar-refractivity contribution in [2.75, 3.05) is 16.8 Å². The number of anilines is 3. The van der Waals surface area contributed by atoms with Crippen LogP contribution in [-0.4, -0.2) is 28.5 Å². The van der Waals surface area contributed by atoms with Gasteiger partial charge in [0.1, 0.15) is 5.52 Å². The van der Waals surface area contributed by atoms with Crippen LogP contribution in [0.1, 0.15) is 61.3 Å². The smallest absolute Gasteiger partial charge is 0.326 e. The summed E-state index contributed by atoms with van der Waals surface area (Å²) in [7, 11) is 0. The Morgan fingerprint density at radius 2 is 1.74 bits per heavy atom. The molecule has 9 heteroatoms. The van der Waals surface area contributed by atoms with E-state index in [9.17, 15) is 18.0 Å². The first-order valence-corrected chi connectivity index (χ1v) is 14.6. The van der Waals surface area contributed by atoms with Gasteiger partial charge in [-0.2, -0.15) is 13.2 Å². The summed E-state index contributed by atoms with van der Waals surface area (Å²) in [5.41, 5.74) is 2.39. The SMILES string of the molecule is Cc1ccc(NC(=O)[C@@H]2CCCN[C@H]2c2ccc(N(c3nccc4cccnc34)C3CCCC3)cc2)cc1C(F)(F)F. The normalized spacial score (nSPS) is 19.6. The molecule has 1 saturated carbocycles. The number of hydrogen-bond acceptors (Lipinski definition) is 5. The third-order valence-corrected chi connectivity index (χ3v) is 8.56. The second-order valence-corrected chi connectivity index (χ2v) is 11.3. The van der Waals surface area contributed by atoms with Gasteiger partial charge in [0.15, 0.2) is 5.82 Å². The maximum Gasteiger partial charge on any atom is 0.416 e. The number of benzene rings is 2. The molecular formula is C33H34F3N5O. The predicted octanol–water partition coefficient (Wildman–Crippen LogP) is 7.72. The Bertz CT molecular complexity index is 1560. The van der Waals surface area contributed by atoms with Gasteiger partial charge in [-0.3, -0.25) is 9.78 Å². The summed E-state index contributed by atoms with van der Waals surface area (Å²) in [4.78, 5) is 25.1. The highest BCUT2D eigenvalue weighted by atomic mass is 19.4. The van der Waals surface area contributed by atoms with Crippen molar-refractivity contribution in [2.24, 2.45) is 5.92 Å². The number of nitrogens with one attached hydrogen (secondary N) is 2. The average molecular weight is 574 g/mol. The number of rotatable bonds is 6. The molecule has 0 bridgehead atoms. The highest BCUT2D eigenvalue weighted by Crippen LogP contribution is 2.39. The molecule has 3 heterocycles. The number of amides is 1. The van der Waals surface area contributed by atoms with Crippen molar-refractivity contribution in [2.45, 2.75) is 63.7 Å². The van der Waals surface area contributed by atoms with Gasteiger partial charge in [0.25, 0.3) is 0 Å². The lowest BCUT2D eigenvalue weighted by atomic mass is 9.85. The fourth-order valence-electron chi connectivity index (χ4n) is 6.44. The van der Waals surface area contributed by atoms with Crippen molar-refractivity contribution in [3.05, 3.63) is 89.7 Å². The van der Waals surface area contributed by atoms with E-state index < -0.39 is 17.7 Å². The highest BCUT2D eigenvalue weighted by molar-refractivity contribution is 5.93. The van der Waals surface area contributed by atoms with Crippen LogP contribution in [0.4, 0.5) is 30.4 Å². The summed E-state index contributed by atoms with van der Waals surface area (Å²) in [6.07, 6.45) is 5.10. The van der Waals surface area contributed by atoms with Crippen LogP contribution in [0.5, 0.6) is 0 Å². The number of alkyl halides is 3. The van der Waals surface area contributed by atoms with Crippen molar-refractivity contribution in [3.63, 3.8) is 0 Å². The highest BCUT2D eigenvalue weighted by Gasteiger charge is 2.35. The predicted molar refractivity (Wildman–Crippen MR) is 159 cm³/mol. The quantitative estimate of drug-likeness (QED) is 0.247. The van der Waals surface area contributed by atoms with Gasteiger partial charge in [-0.05, 0) is 86.7 Å². The summed E-state index contributed by atoms with van der Waals surface area (Å²) in [6.45, 7) is 2.18. The van der Waals surface area contributed by atoms with Crippen molar-refractivity contribution in [1.82, 2.24) is 15.3 Å². The molecule has 2 aromatic heterocycles. The summed E-state index contributed by atoms with van der Waals surface area (Å²) in [5.74, 6) is 0.138. The summed E-state index contributed by atoms with van der Waals surface area (Å²) < 4.78 is 40.3. The number of fused-ring (bicyclic) bond motifs is 1. The average Bonchev–Trinajstić information content (AvgIpc) is 3.53. The molecular weight excluding hydrogens is 539 g/mol. The Labute approximate surface area is 243 Å². The zero-order valence-electron chi connectivity index (χ0n) is 23.5. The fourth-order valence-corrected chi connectivity index (χ4v) is 6.44. The van der Waals surface area contributed by atoms with E-state index in [0.29, 0.717) is 12.5 Å². The van der Waals surface area contributed by atoms with Crippen LogP contribution < -0.4 is 15.5 Å². The lowest BCUT2D eigenvalue weighted by Gasteiger charge is -2.33. The van der Waals surface area contributed by atoms with E-state index in [1.807, 2.05) is 36.5 Å². The Morgan fingerprint density at radius 1 is 0.952 bits per heavy atom. The molecule has 2 fully saturated rings. The number of hydrogen-bond donors (Lipinski definition) is 2. The van der Waals surface area contributed by atoms with Crippen molar-refractivity contribution in [1.29, 1.82) is 0 Å². The van der Waals surface area contributed by atoms with Crippen LogP contribution in [-0.2, 0) is 11.0 Å². The van der Waals surface area contributed by atoms with Gasteiger partial charge >= 0.3 is 6.18 Å². The molecule has 1 amide bonds. The van der Waals surface area contributed by atoms with E-state index in [-0.39, 0.29) is 23.2 Å². The maximum atomic E-state index is 13.4. The molecule has 2 atom stereocenters. The topological polar surface area (TPSA) is 70.2 Å². The van der Waals surface area contributed by atoms with Crippen LogP contribution in [0.3, 0.4) is 0 Å². The van der Waals surface area contributed by atoms with Gasteiger partial charge in [-0.15, -0.1) is 0 Å². The number of aromatic nitrogens is 2. The van der Waals surface area contributed by atoms with Gasteiger partial charge in [0, 0.05) is 41.2 Å². The lowest BCUT2D eigenvalue weighted by molar-refractivity contribution is -0.138. The minimum Gasteiger partial charge on any atom is -0.326 e. The number of carbonyl (C=O) groups excluding carboxylic acids is 1. The second kappa shape index (κ2) is 11.7. The first kappa shape index (κ1) is 28.2. The Morgan fingerprint density at radius 3 is 2.50 bits per heavy atom. The van der Waals surface area contributed by atoms with Crippen molar-refractivity contribution >= 4 is 34.0 Å². The van der Waals surface area contributed by atoms with Gasteiger partial charge in [0.05, 0.1) is 11.5 Å². The summed E-state index contributed by atoms with van der Waals surface area (Å²) >= 11 is 0. The molecule has 0 radical (unpaired) electrons. The lowest BCUT2D eigenvalue weighted by Crippen LogP contribution is -2.40. The Balaban J connectivity index is 1.27. The molecule has 6 nitrogen and oxygen atoms in total. The van der Waals surface area contributed by atoms with Gasteiger partial charge in [-0.25, -0.2) is 4.98 Å². The molecule has 42 heavy (non-hydrogen) atoms. The molecule has 2 aliphatic rings. The van der Waals surface area contributed by atoms with Crippen molar-refractivity contribution < 1.29 is 18.0 Å². The van der Waals surface area contributed by atoms with E-state index in [4.69, 9.17) is 4.98 Å². The number of aryl methyl sites for hydroxylation is 1. The second-order valence-electron chi connectivity index (χ2n) is 11.3. The summed E-state index contributed by atoms with van der Waals surface area (Å²) in [6, 6.07) is 18.2. The maximum absolute atomic E-state index is 13.4. The molecule has 0 unspecified atom stereocenters. The number of pyridine rings is 2. The molecule has 218 valence electrons. The fraction of sp³-hybridized carbons (Fsp3) is 0.364. The molecule has 0 spiro atoms. The van der Waals surface area contributed by atoms with Crippen LogP contribution in [0.2, 0.25) is 0 Å². The summed E-state index contributed by atoms with van der Waals surface area (Å²) in [5, 5.41) is 7.27. The molecule has 6 rings (SSSR count). The standard InChI is InChI=1S/C33H34F3N5O/c1-21-10-13-24(20-28(21)33(34,35)36)40-32(42)27-9-5-18-37-29(27)23-11-14-26(15-12-23)41(25-7-2-3-8-25)31-30-22(16-19-39-31)6-4-17-38-30/h4,6,10-17,19-20,25,27,29,37H,2-3,5,7-9,18H2,1H3,(H,40,42)/t27-,29+/m1/s1. The van der Waals surface area contributed by atoms with Crippen LogP contribution in [0.15, 0.2) is 73.1 Å². The Kier molecular flexibility index (Phi) is 7.86. The first-order valence-electron chi connectivity index (χ1n) is 14.6. The number of carbonyl (C=O) groups is 1. The molecule has 1 saturated heterocycles. The van der Waals surface area contributed by atoms with E-state index >= 15 is 0 Å². The zero-order chi connectivity index (χ0) is 29.3. The Hall–Kier alpha value is -3.98. The van der Waals surface area contributed by atoms with E-state index in [0.717, 1.165) is 59.8 Å². The van der Waals surface area contributed by atoms with Crippen molar-refractivity contribution in [3.8, 4) is 0 Å². The van der Waals surface area contributed by atoms with Gasteiger partial charge < -0.3 is 15.5 Å². The molecule has 1 aliphatic carbocycles. The largest absolute Gasteiger partial charge is 0.416 e.